The van der Waals surface area contributed by atoms with E-state index in [1.54, 1.807) is 60.0 Å². The normalized spacial score (nSPS) is 16.4. The molecule has 1 unspecified atom stereocenters. The minimum Gasteiger partial charge on any atom is -0.326 e. The van der Waals surface area contributed by atoms with Gasteiger partial charge in [0.1, 0.15) is 10.3 Å². The first kappa shape index (κ1) is 22.8. The number of amides is 3. The Bertz CT molecular complexity index is 1270. The molecular formula is C23H21N3O5S2. The number of thiophene rings is 1. The van der Waals surface area contributed by atoms with Crippen LogP contribution in [0.4, 0.5) is 11.4 Å². The van der Waals surface area contributed by atoms with Crippen molar-refractivity contribution in [1.82, 2.24) is 4.31 Å². The highest BCUT2D eigenvalue weighted by atomic mass is 32.2. The Morgan fingerprint density at radius 2 is 1.76 bits per heavy atom. The van der Waals surface area contributed by atoms with E-state index in [0.717, 1.165) is 20.5 Å². The van der Waals surface area contributed by atoms with Gasteiger partial charge in [-0.2, -0.15) is 4.31 Å². The third kappa shape index (κ3) is 4.72. The van der Waals surface area contributed by atoms with E-state index in [-0.39, 0.29) is 23.1 Å². The molecule has 4 rings (SSSR count). The Balaban J connectivity index is 1.67. The molecule has 0 bridgehead atoms. The quantitative estimate of drug-likeness (QED) is 0.520. The molecule has 2 heterocycles. The number of carbonyl (C=O) groups excluding carboxylic acids is 3. The van der Waals surface area contributed by atoms with E-state index < -0.39 is 27.9 Å². The van der Waals surface area contributed by atoms with Crippen LogP contribution in [0.1, 0.15) is 18.9 Å². The smallest absolute Gasteiger partial charge is 0.253 e. The molecule has 33 heavy (non-hydrogen) atoms. The van der Waals surface area contributed by atoms with Gasteiger partial charge in [-0.3, -0.25) is 14.4 Å². The fourth-order valence-electron chi connectivity index (χ4n) is 3.66. The molecule has 1 aliphatic rings. The number of benzene rings is 2. The molecule has 0 radical (unpaired) electrons. The summed E-state index contributed by atoms with van der Waals surface area (Å²) in [5, 5.41) is 4.27. The predicted molar refractivity (Wildman–Crippen MR) is 125 cm³/mol. The van der Waals surface area contributed by atoms with Crippen molar-refractivity contribution in [3.63, 3.8) is 0 Å². The number of rotatable bonds is 7. The predicted octanol–water partition coefficient (Wildman–Crippen LogP) is 3.23. The maximum atomic E-state index is 13.4. The SMILES string of the molecule is CC(=O)Nc1ccc(N2C(=O)CC(N(Cc3ccccc3)S(=O)(=O)c3cccs3)C2=O)cc1. The third-order valence-corrected chi connectivity index (χ3v) is 8.38. The number of anilines is 2. The second-order valence-electron chi connectivity index (χ2n) is 7.48. The van der Waals surface area contributed by atoms with E-state index in [2.05, 4.69) is 5.32 Å². The Morgan fingerprint density at radius 3 is 2.36 bits per heavy atom. The number of hydrogen-bond donors (Lipinski definition) is 1. The molecule has 3 aromatic rings. The van der Waals surface area contributed by atoms with Gasteiger partial charge in [0.15, 0.2) is 0 Å². The van der Waals surface area contributed by atoms with Crippen LogP contribution in [0.3, 0.4) is 0 Å². The molecule has 0 saturated carbocycles. The number of sulfonamides is 1. The molecule has 1 saturated heterocycles. The molecule has 8 nitrogen and oxygen atoms in total. The number of hydrogen-bond acceptors (Lipinski definition) is 6. The van der Waals surface area contributed by atoms with Gasteiger partial charge in [0.25, 0.3) is 15.9 Å². The molecule has 1 atom stereocenters. The van der Waals surface area contributed by atoms with Crippen LogP contribution >= 0.6 is 11.3 Å². The zero-order valence-corrected chi connectivity index (χ0v) is 19.3. The standard InChI is InChI=1S/C23H21N3O5S2/c1-16(27)24-18-9-11-19(12-10-18)26-21(28)14-20(23(26)29)25(15-17-6-3-2-4-7-17)33(30,31)22-8-5-13-32-22/h2-13,20H,14-15H2,1H3,(H,24,27). The summed E-state index contributed by atoms with van der Waals surface area (Å²) in [5.41, 5.74) is 1.54. The lowest BCUT2D eigenvalue weighted by molar-refractivity contribution is -0.122. The molecule has 2 aromatic carbocycles. The van der Waals surface area contributed by atoms with Gasteiger partial charge >= 0.3 is 0 Å². The molecule has 10 heteroatoms. The maximum Gasteiger partial charge on any atom is 0.253 e. The van der Waals surface area contributed by atoms with Crippen LogP contribution in [0.15, 0.2) is 76.3 Å². The summed E-state index contributed by atoms with van der Waals surface area (Å²) in [5.74, 6) is -1.34. The summed E-state index contributed by atoms with van der Waals surface area (Å²) in [7, 11) is -4.02. The monoisotopic (exact) mass is 483 g/mol. The summed E-state index contributed by atoms with van der Waals surface area (Å²) in [6.45, 7) is 1.33. The second kappa shape index (κ2) is 9.26. The van der Waals surface area contributed by atoms with Crippen LogP contribution in [-0.2, 0) is 31.0 Å². The number of carbonyl (C=O) groups is 3. The van der Waals surface area contributed by atoms with Gasteiger partial charge < -0.3 is 5.32 Å². The topological polar surface area (TPSA) is 104 Å². The van der Waals surface area contributed by atoms with Crippen molar-refractivity contribution in [2.45, 2.75) is 30.1 Å². The second-order valence-corrected chi connectivity index (χ2v) is 10.5. The average molecular weight is 484 g/mol. The minimum absolute atomic E-state index is 0.0416. The van der Waals surface area contributed by atoms with E-state index >= 15 is 0 Å². The first-order valence-electron chi connectivity index (χ1n) is 10.1. The Kier molecular flexibility index (Phi) is 6.41. The maximum absolute atomic E-state index is 13.4. The summed E-state index contributed by atoms with van der Waals surface area (Å²) in [6, 6.07) is 17.1. The van der Waals surface area contributed by atoms with E-state index in [4.69, 9.17) is 0 Å². The molecular weight excluding hydrogens is 462 g/mol. The van der Waals surface area contributed by atoms with Crippen molar-refractivity contribution in [3.05, 3.63) is 77.7 Å². The lowest BCUT2D eigenvalue weighted by atomic mass is 10.2. The minimum atomic E-state index is -4.02. The van der Waals surface area contributed by atoms with Gasteiger partial charge in [-0.1, -0.05) is 36.4 Å². The zero-order chi connectivity index (χ0) is 23.6. The summed E-state index contributed by atoms with van der Waals surface area (Å²) in [4.78, 5) is 38.4. The van der Waals surface area contributed by atoms with Crippen molar-refractivity contribution in [3.8, 4) is 0 Å². The molecule has 1 aromatic heterocycles. The Morgan fingerprint density at radius 1 is 1.06 bits per heavy atom. The highest BCUT2D eigenvalue weighted by Crippen LogP contribution is 2.32. The van der Waals surface area contributed by atoms with Crippen molar-refractivity contribution in [2.24, 2.45) is 0 Å². The highest BCUT2D eigenvalue weighted by molar-refractivity contribution is 7.91. The molecule has 170 valence electrons. The first-order valence-corrected chi connectivity index (χ1v) is 12.4. The third-order valence-electron chi connectivity index (χ3n) is 5.16. The van der Waals surface area contributed by atoms with E-state index in [0.29, 0.717) is 16.9 Å². The summed E-state index contributed by atoms with van der Waals surface area (Å²) >= 11 is 1.06. The van der Waals surface area contributed by atoms with Crippen molar-refractivity contribution in [2.75, 3.05) is 10.2 Å². The van der Waals surface area contributed by atoms with Gasteiger partial charge in [-0.05, 0) is 41.3 Å². The fourth-order valence-corrected chi connectivity index (χ4v) is 6.35. The number of imide groups is 1. The van der Waals surface area contributed by atoms with Crippen LogP contribution in [0, 0.1) is 0 Å². The van der Waals surface area contributed by atoms with Crippen LogP contribution in [0.25, 0.3) is 0 Å². The van der Waals surface area contributed by atoms with Crippen LogP contribution in [0.2, 0.25) is 0 Å². The van der Waals surface area contributed by atoms with Gasteiger partial charge in [0.2, 0.25) is 11.8 Å². The van der Waals surface area contributed by atoms with E-state index in [1.807, 2.05) is 6.07 Å². The van der Waals surface area contributed by atoms with E-state index in [9.17, 15) is 22.8 Å². The molecule has 1 N–H and O–H groups in total. The van der Waals surface area contributed by atoms with Crippen LogP contribution in [-0.4, -0.2) is 36.5 Å². The van der Waals surface area contributed by atoms with Crippen molar-refractivity contribution in [1.29, 1.82) is 0 Å². The van der Waals surface area contributed by atoms with E-state index in [1.165, 1.54) is 13.0 Å². The van der Waals surface area contributed by atoms with Crippen molar-refractivity contribution >= 4 is 50.5 Å². The summed E-state index contributed by atoms with van der Waals surface area (Å²) in [6.07, 6.45) is -0.260. The fraction of sp³-hybridized carbons (Fsp3) is 0.174. The van der Waals surface area contributed by atoms with Gasteiger partial charge in [-0.25, -0.2) is 13.3 Å². The molecule has 3 amide bonds. The van der Waals surface area contributed by atoms with Gasteiger partial charge in [-0.15, -0.1) is 11.3 Å². The first-order chi connectivity index (χ1) is 15.8. The summed E-state index contributed by atoms with van der Waals surface area (Å²) < 4.78 is 28.1. The largest absolute Gasteiger partial charge is 0.326 e. The number of nitrogens with one attached hydrogen (secondary N) is 1. The Labute approximate surface area is 195 Å². The lowest BCUT2D eigenvalue weighted by Gasteiger charge is -2.26. The average Bonchev–Trinajstić information content (AvgIpc) is 3.42. The molecule has 0 aliphatic carbocycles. The highest BCUT2D eigenvalue weighted by Gasteiger charge is 2.47. The van der Waals surface area contributed by atoms with Crippen LogP contribution in [0.5, 0.6) is 0 Å². The molecule has 1 aliphatic heterocycles. The van der Waals surface area contributed by atoms with Gasteiger partial charge in [0.05, 0.1) is 12.1 Å². The number of nitrogens with zero attached hydrogens (tertiary/aromatic N) is 2. The molecule has 1 fully saturated rings. The Hall–Kier alpha value is -3.34. The van der Waals surface area contributed by atoms with Crippen LogP contribution < -0.4 is 10.2 Å². The van der Waals surface area contributed by atoms with Crippen molar-refractivity contribution < 1.29 is 22.8 Å². The zero-order valence-electron chi connectivity index (χ0n) is 17.7. The lowest BCUT2D eigenvalue weighted by Crippen LogP contribution is -2.44. The molecule has 0 spiro atoms. The van der Waals surface area contributed by atoms with Gasteiger partial charge in [0, 0.05) is 19.2 Å².